The molecule has 8 heteroatoms. The molecule has 2 aromatic rings. The fourth-order valence-electron chi connectivity index (χ4n) is 3.36. The van der Waals surface area contributed by atoms with E-state index in [1.54, 1.807) is 12.1 Å². The van der Waals surface area contributed by atoms with Gasteiger partial charge >= 0.3 is 0 Å². The zero-order chi connectivity index (χ0) is 20.8. The predicted octanol–water partition coefficient (Wildman–Crippen LogP) is 2.16. The number of nitrogens with one attached hydrogen (secondary N) is 2. The van der Waals surface area contributed by atoms with Crippen molar-refractivity contribution in [3.8, 4) is 5.75 Å². The summed E-state index contributed by atoms with van der Waals surface area (Å²) in [5.41, 5.74) is 1.86. The van der Waals surface area contributed by atoms with Crippen molar-refractivity contribution >= 4 is 17.5 Å². The first kappa shape index (κ1) is 20.9. The summed E-state index contributed by atoms with van der Waals surface area (Å²) in [6, 6.07) is 7.20. The molecule has 0 aliphatic carbocycles. The van der Waals surface area contributed by atoms with Gasteiger partial charge in [-0.3, -0.25) is 9.59 Å². The second-order valence-corrected chi connectivity index (χ2v) is 7.31. The van der Waals surface area contributed by atoms with Crippen LogP contribution in [0.15, 0.2) is 24.3 Å². The number of hydrogen-bond acceptors (Lipinski definition) is 5. The number of benzene rings is 1. The van der Waals surface area contributed by atoms with Crippen molar-refractivity contribution in [2.75, 3.05) is 39.1 Å². The number of hydrogen-bond donors (Lipinski definition) is 2. The number of fused-ring (bicyclic) bond motifs is 1. The number of amides is 2. The molecule has 0 saturated heterocycles. The molecule has 1 aliphatic heterocycles. The molecule has 1 aliphatic rings. The van der Waals surface area contributed by atoms with E-state index in [9.17, 15) is 9.59 Å². The van der Waals surface area contributed by atoms with Crippen LogP contribution in [0.4, 0.5) is 5.69 Å². The first-order valence-electron chi connectivity index (χ1n) is 10.1. The highest BCUT2D eigenvalue weighted by Gasteiger charge is 2.27. The standard InChI is InChI=1S/C21H29N5O3/c1-4-29-16-10-8-15(9-11-16)23-21(28)19-24-18(17-7-5-6-13-26(17)19)20(27)22-12-14-25(2)3/h8-11H,4-7,12-14H2,1-3H3,(H,22,27)(H,23,28). The average Bonchev–Trinajstić information content (AvgIpc) is 3.09. The Balaban J connectivity index is 1.76. The van der Waals surface area contributed by atoms with Crippen LogP contribution in [0.2, 0.25) is 0 Å². The maximum atomic E-state index is 12.9. The summed E-state index contributed by atoms with van der Waals surface area (Å²) in [5.74, 6) is 0.494. The lowest BCUT2D eigenvalue weighted by atomic mass is 10.1. The molecule has 0 fully saturated rings. The van der Waals surface area contributed by atoms with Crippen LogP contribution in [0.5, 0.6) is 5.75 Å². The molecule has 1 aromatic carbocycles. The van der Waals surface area contributed by atoms with Gasteiger partial charge in [-0.05, 0) is 64.5 Å². The predicted molar refractivity (Wildman–Crippen MR) is 112 cm³/mol. The molecule has 0 bridgehead atoms. The molecule has 8 nitrogen and oxygen atoms in total. The molecule has 2 heterocycles. The molecule has 156 valence electrons. The molecule has 1 aromatic heterocycles. The van der Waals surface area contributed by atoms with Crippen molar-refractivity contribution in [1.29, 1.82) is 0 Å². The largest absolute Gasteiger partial charge is 0.494 e. The molecular formula is C21H29N5O3. The van der Waals surface area contributed by atoms with E-state index < -0.39 is 0 Å². The first-order chi connectivity index (χ1) is 14.0. The molecule has 0 unspecified atom stereocenters. The molecule has 0 spiro atoms. The summed E-state index contributed by atoms with van der Waals surface area (Å²) in [7, 11) is 3.90. The van der Waals surface area contributed by atoms with E-state index in [1.165, 1.54) is 0 Å². The summed E-state index contributed by atoms with van der Waals surface area (Å²) in [6.45, 7) is 4.48. The summed E-state index contributed by atoms with van der Waals surface area (Å²) in [5, 5.41) is 5.77. The Hall–Kier alpha value is -2.87. The molecular weight excluding hydrogens is 370 g/mol. The second kappa shape index (κ2) is 9.56. The van der Waals surface area contributed by atoms with Gasteiger partial charge in [-0.1, -0.05) is 0 Å². The van der Waals surface area contributed by atoms with Crippen molar-refractivity contribution in [2.24, 2.45) is 0 Å². The molecule has 2 N–H and O–H groups in total. The lowest BCUT2D eigenvalue weighted by Crippen LogP contribution is -2.32. The van der Waals surface area contributed by atoms with Crippen molar-refractivity contribution in [3.63, 3.8) is 0 Å². The van der Waals surface area contributed by atoms with Gasteiger partial charge in [0.25, 0.3) is 11.8 Å². The van der Waals surface area contributed by atoms with Crippen LogP contribution in [0.25, 0.3) is 0 Å². The van der Waals surface area contributed by atoms with Gasteiger partial charge in [0.05, 0.1) is 12.3 Å². The highest BCUT2D eigenvalue weighted by Crippen LogP contribution is 2.22. The normalized spacial score (nSPS) is 13.1. The van der Waals surface area contributed by atoms with Crippen molar-refractivity contribution in [2.45, 2.75) is 32.7 Å². The van der Waals surface area contributed by atoms with Crippen molar-refractivity contribution < 1.29 is 14.3 Å². The van der Waals surface area contributed by atoms with Gasteiger partial charge in [0.2, 0.25) is 0 Å². The Bertz CT molecular complexity index is 858. The molecule has 29 heavy (non-hydrogen) atoms. The first-order valence-corrected chi connectivity index (χ1v) is 10.1. The van der Waals surface area contributed by atoms with Gasteiger partial charge in [0, 0.05) is 25.3 Å². The van der Waals surface area contributed by atoms with E-state index in [0.29, 0.717) is 31.1 Å². The fraction of sp³-hybridized carbons (Fsp3) is 0.476. The third-order valence-corrected chi connectivity index (χ3v) is 4.80. The Kier molecular flexibility index (Phi) is 6.87. The number of aromatic nitrogens is 2. The molecule has 2 amide bonds. The number of rotatable bonds is 8. The number of anilines is 1. The highest BCUT2D eigenvalue weighted by atomic mass is 16.5. The van der Waals surface area contributed by atoms with Crippen LogP contribution in [0.3, 0.4) is 0 Å². The number of nitrogens with zero attached hydrogens (tertiary/aromatic N) is 3. The van der Waals surface area contributed by atoms with Crippen molar-refractivity contribution in [3.05, 3.63) is 41.5 Å². The molecule has 0 atom stereocenters. The Morgan fingerprint density at radius 3 is 2.62 bits per heavy atom. The van der Waals surface area contributed by atoms with E-state index >= 15 is 0 Å². The minimum atomic E-state index is -0.315. The molecule has 0 saturated carbocycles. The van der Waals surface area contributed by atoms with Gasteiger partial charge < -0.3 is 24.8 Å². The average molecular weight is 399 g/mol. The quantitative estimate of drug-likeness (QED) is 0.710. The van der Waals surface area contributed by atoms with Gasteiger partial charge in [-0.25, -0.2) is 4.98 Å². The summed E-state index contributed by atoms with van der Waals surface area (Å²) >= 11 is 0. The van der Waals surface area contributed by atoms with Crippen molar-refractivity contribution in [1.82, 2.24) is 19.8 Å². The van der Waals surface area contributed by atoms with Crippen LogP contribution in [0, 0.1) is 0 Å². The minimum Gasteiger partial charge on any atom is -0.494 e. The SMILES string of the molecule is CCOc1ccc(NC(=O)c2nc(C(=O)NCCN(C)C)c3n2CCCC3)cc1. The van der Waals surface area contributed by atoms with Gasteiger partial charge in [0.15, 0.2) is 5.82 Å². The van der Waals surface area contributed by atoms with Crippen LogP contribution in [-0.2, 0) is 13.0 Å². The van der Waals surface area contributed by atoms with Crippen LogP contribution in [-0.4, -0.2) is 60.1 Å². The van der Waals surface area contributed by atoms with Crippen LogP contribution in [0.1, 0.15) is 46.6 Å². The van der Waals surface area contributed by atoms with E-state index in [2.05, 4.69) is 15.6 Å². The fourth-order valence-corrected chi connectivity index (χ4v) is 3.36. The summed E-state index contributed by atoms with van der Waals surface area (Å²) in [6.07, 6.45) is 2.71. The maximum absolute atomic E-state index is 12.9. The number of ether oxygens (including phenoxy) is 1. The molecule has 3 rings (SSSR count). The second-order valence-electron chi connectivity index (χ2n) is 7.31. The van der Waals surface area contributed by atoms with E-state index in [1.807, 2.05) is 42.6 Å². The Labute approximate surface area is 171 Å². The zero-order valence-electron chi connectivity index (χ0n) is 17.3. The number of imidazole rings is 1. The van der Waals surface area contributed by atoms with E-state index in [4.69, 9.17) is 4.74 Å². The lowest BCUT2D eigenvalue weighted by Gasteiger charge is -2.17. The lowest BCUT2D eigenvalue weighted by molar-refractivity contribution is 0.0945. The van der Waals surface area contributed by atoms with E-state index in [-0.39, 0.29) is 17.6 Å². The Morgan fingerprint density at radius 1 is 1.17 bits per heavy atom. The highest BCUT2D eigenvalue weighted by molar-refractivity contribution is 6.03. The number of likely N-dealkylation sites (N-methyl/N-ethyl adjacent to an activating group) is 1. The monoisotopic (exact) mass is 399 g/mol. The third-order valence-electron chi connectivity index (χ3n) is 4.80. The summed E-state index contributed by atoms with van der Waals surface area (Å²) in [4.78, 5) is 31.9. The van der Waals surface area contributed by atoms with Gasteiger partial charge in [0.1, 0.15) is 11.4 Å². The topological polar surface area (TPSA) is 88.5 Å². The number of carbonyl (C=O) groups excluding carboxylic acids is 2. The third kappa shape index (κ3) is 5.14. The van der Waals surface area contributed by atoms with E-state index in [0.717, 1.165) is 37.3 Å². The molecule has 0 radical (unpaired) electrons. The zero-order valence-corrected chi connectivity index (χ0v) is 17.3. The van der Waals surface area contributed by atoms with Gasteiger partial charge in [-0.2, -0.15) is 0 Å². The van der Waals surface area contributed by atoms with Crippen LogP contribution < -0.4 is 15.4 Å². The van der Waals surface area contributed by atoms with Gasteiger partial charge in [-0.15, -0.1) is 0 Å². The smallest absolute Gasteiger partial charge is 0.291 e. The minimum absolute atomic E-state index is 0.224. The Morgan fingerprint density at radius 2 is 1.93 bits per heavy atom. The summed E-state index contributed by atoms with van der Waals surface area (Å²) < 4.78 is 7.31. The number of carbonyl (C=O) groups is 2. The maximum Gasteiger partial charge on any atom is 0.291 e. The van der Waals surface area contributed by atoms with Crippen LogP contribution >= 0.6 is 0 Å².